The molecule has 0 spiro atoms. The van der Waals surface area contributed by atoms with Crippen molar-refractivity contribution in [1.29, 1.82) is 0 Å². The summed E-state index contributed by atoms with van der Waals surface area (Å²) in [6.07, 6.45) is 0. The van der Waals surface area contributed by atoms with Crippen LogP contribution in [0.2, 0.25) is 0 Å². The maximum Gasteiger partial charge on any atom is 0.142 e. The first-order valence-corrected chi connectivity index (χ1v) is 8.06. The lowest BCUT2D eigenvalue weighted by molar-refractivity contribution is 0.306. The number of benzene rings is 3. The fourth-order valence-corrected chi connectivity index (χ4v) is 2.48. The van der Waals surface area contributed by atoms with Crippen LogP contribution in [0.25, 0.3) is 11.1 Å². The zero-order valence-corrected chi connectivity index (χ0v) is 13.7. The first kappa shape index (κ1) is 15.9. The van der Waals surface area contributed by atoms with E-state index in [1.165, 1.54) is 0 Å². The molecule has 0 unspecified atom stereocenters. The monoisotopic (exact) mass is 319 g/mol. The first-order valence-electron chi connectivity index (χ1n) is 8.06. The van der Waals surface area contributed by atoms with Gasteiger partial charge in [0.25, 0.3) is 0 Å². The second-order valence-electron chi connectivity index (χ2n) is 5.48. The number of ether oxygens (including phenoxy) is 2. The number of hydrogen-bond donors (Lipinski definition) is 1. The van der Waals surface area contributed by atoms with Gasteiger partial charge in [-0.2, -0.15) is 0 Å². The third-order valence-electron chi connectivity index (χ3n) is 3.75. The molecule has 0 aliphatic rings. The van der Waals surface area contributed by atoms with E-state index in [2.05, 4.69) is 12.1 Å². The van der Waals surface area contributed by atoms with Gasteiger partial charge in [-0.1, -0.05) is 48.5 Å². The van der Waals surface area contributed by atoms with E-state index in [0.717, 1.165) is 28.2 Å². The van der Waals surface area contributed by atoms with Gasteiger partial charge in [-0.3, -0.25) is 0 Å². The molecule has 0 aliphatic heterocycles. The fraction of sp³-hybridized carbons (Fsp3) is 0.143. The Bertz CT molecular complexity index is 783. The van der Waals surface area contributed by atoms with E-state index in [9.17, 15) is 0 Å². The van der Waals surface area contributed by atoms with E-state index in [0.29, 0.717) is 18.9 Å². The van der Waals surface area contributed by atoms with Crippen LogP contribution in [0.5, 0.6) is 11.5 Å². The molecule has 2 N–H and O–H groups in total. The van der Waals surface area contributed by atoms with Crippen molar-refractivity contribution in [2.24, 2.45) is 0 Å². The summed E-state index contributed by atoms with van der Waals surface area (Å²) in [5.41, 5.74) is 9.91. The van der Waals surface area contributed by atoms with Gasteiger partial charge in [0, 0.05) is 0 Å². The molecule has 0 atom stereocenters. The maximum absolute atomic E-state index is 5.93. The highest BCUT2D eigenvalue weighted by atomic mass is 16.5. The fourth-order valence-electron chi connectivity index (χ4n) is 2.48. The molecular formula is C21H21NO2. The van der Waals surface area contributed by atoms with Crippen LogP contribution >= 0.6 is 0 Å². The molecule has 3 aromatic rings. The highest BCUT2D eigenvalue weighted by Crippen LogP contribution is 2.30. The number of anilines is 1. The van der Waals surface area contributed by atoms with Crippen LogP contribution in [-0.4, -0.2) is 6.61 Å². The molecule has 3 nitrogen and oxygen atoms in total. The third-order valence-corrected chi connectivity index (χ3v) is 3.75. The lowest BCUT2D eigenvalue weighted by Crippen LogP contribution is -1.97. The SMILES string of the molecule is CCOc1cc(-c2ccc(OCc3ccccc3)cc2)ccc1N. The highest BCUT2D eigenvalue weighted by molar-refractivity contribution is 5.70. The molecule has 0 saturated carbocycles. The molecule has 3 heteroatoms. The minimum absolute atomic E-state index is 0.566. The van der Waals surface area contributed by atoms with Crippen LogP contribution in [0.4, 0.5) is 5.69 Å². The molecule has 0 bridgehead atoms. The van der Waals surface area contributed by atoms with E-state index in [-0.39, 0.29) is 0 Å². The van der Waals surface area contributed by atoms with Gasteiger partial charge in [0.1, 0.15) is 18.1 Å². The van der Waals surface area contributed by atoms with Crippen LogP contribution in [0, 0.1) is 0 Å². The van der Waals surface area contributed by atoms with E-state index in [4.69, 9.17) is 15.2 Å². The summed E-state index contributed by atoms with van der Waals surface area (Å²) in [5, 5.41) is 0. The Kier molecular flexibility index (Phi) is 5.02. The topological polar surface area (TPSA) is 44.5 Å². The third kappa shape index (κ3) is 3.87. The Morgan fingerprint density at radius 3 is 2.21 bits per heavy atom. The molecule has 3 rings (SSSR count). The average Bonchev–Trinajstić information content (AvgIpc) is 2.63. The maximum atomic E-state index is 5.93. The molecule has 0 amide bonds. The zero-order valence-electron chi connectivity index (χ0n) is 13.7. The van der Waals surface area contributed by atoms with Crippen molar-refractivity contribution in [3.05, 3.63) is 78.4 Å². The molecule has 0 aromatic heterocycles. The second-order valence-corrected chi connectivity index (χ2v) is 5.48. The molecule has 24 heavy (non-hydrogen) atoms. The molecule has 3 aromatic carbocycles. The van der Waals surface area contributed by atoms with Crippen molar-refractivity contribution in [3.63, 3.8) is 0 Å². The van der Waals surface area contributed by atoms with Gasteiger partial charge in [-0.25, -0.2) is 0 Å². The minimum atomic E-state index is 0.566. The highest BCUT2D eigenvalue weighted by Gasteiger charge is 2.04. The van der Waals surface area contributed by atoms with E-state index >= 15 is 0 Å². The Morgan fingerprint density at radius 2 is 1.50 bits per heavy atom. The molecule has 122 valence electrons. The number of hydrogen-bond acceptors (Lipinski definition) is 3. The number of nitrogen functional groups attached to an aromatic ring is 1. The summed E-state index contributed by atoms with van der Waals surface area (Å²) in [6, 6.07) is 24.0. The van der Waals surface area contributed by atoms with Crippen LogP contribution in [0.15, 0.2) is 72.8 Å². The smallest absolute Gasteiger partial charge is 0.142 e. The zero-order chi connectivity index (χ0) is 16.8. The van der Waals surface area contributed by atoms with Gasteiger partial charge >= 0.3 is 0 Å². The summed E-state index contributed by atoms with van der Waals surface area (Å²) < 4.78 is 11.4. The predicted octanol–water partition coefficient (Wildman–Crippen LogP) is 4.91. The van der Waals surface area contributed by atoms with Crippen molar-refractivity contribution in [1.82, 2.24) is 0 Å². The van der Waals surface area contributed by atoms with Gasteiger partial charge in [0.05, 0.1) is 12.3 Å². The first-order chi connectivity index (χ1) is 11.8. The quantitative estimate of drug-likeness (QED) is 0.656. The van der Waals surface area contributed by atoms with E-state index in [1.807, 2.05) is 67.6 Å². The van der Waals surface area contributed by atoms with Gasteiger partial charge in [-0.05, 0) is 47.9 Å². The standard InChI is InChI=1S/C21H21NO2/c1-2-23-21-14-18(10-13-20(21)22)17-8-11-19(12-9-17)24-15-16-6-4-3-5-7-16/h3-14H,2,15,22H2,1H3. The number of nitrogens with two attached hydrogens (primary N) is 1. The van der Waals surface area contributed by atoms with Crippen molar-refractivity contribution < 1.29 is 9.47 Å². The van der Waals surface area contributed by atoms with Crippen molar-refractivity contribution in [3.8, 4) is 22.6 Å². The Hall–Kier alpha value is -2.94. The Balaban J connectivity index is 1.71. The summed E-state index contributed by atoms with van der Waals surface area (Å²) in [5.74, 6) is 1.57. The summed E-state index contributed by atoms with van der Waals surface area (Å²) in [4.78, 5) is 0. The van der Waals surface area contributed by atoms with Gasteiger partial charge in [0.2, 0.25) is 0 Å². The molecule has 0 fully saturated rings. The average molecular weight is 319 g/mol. The van der Waals surface area contributed by atoms with Crippen LogP contribution in [-0.2, 0) is 6.61 Å². The lowest BCUT2D eigenvalue weighted by atomic mass is 10.0. The molecule has 0 saturated heterocycles. The molecule has 0 radical (unpaired) electrons. The van der Waals surface area contributed by atoms with Crippen LogP contribution < -0.4 is 15.2 Å². The molecule has 0 heterocycles. The van der Waals surface area contributed by atoms with E-state index < -0.39 is 0 Å². The minimum Gasteiger partial charge on any atom is -0.492 e. The largest absolute Gasteiger partial charge is 0.492 e. The van der Waals surface area contributed by atoms with E-state index in [1.54, 1.807) is 0 Å². The van der Waals surface area contributed by atoms with Crippen molar-refractivity contribution >= 4 is 5.69 Å². The summed E-state index contributed by atoms with van der Waals surface area (Å²) in [6.45, 7) is 3.11. The van der Waals surface area contributed by atoms with Crippen molar-refractivity contribution in [2.75, 3.05) is 12.3 Å². The van der Waals surface area contributed by atoms with Gasteiger partial charge in [-0.15, -0.1) is 0 Å². The summed E-state index contributed by atoms with van der Waals surface area (Å²) >= 11 is 0. The molecular weight excluding hydrogens is 298 g/mol. The number of rotatable bonds is 6. The van der Waals surface area contributed by atoms with Gasteiger partial charge < -0.3 is 15.2 Å². The lowest BCUT2D eigenvalue weighted by Gasteiger charge is -2.10. The predicted molar refractivity (Wildman–Crippen MR) is 98.2 cm³/mol. The van der Waals surface area contributed by atoms with Crippen LogP contribution in [0.1, 0.15) is 12.5 Å². The van der Waals surface area contributed by atoms with Gasteiger partial charge in [0.15, 0.2) is 0 Å². The van der Waals surface area contributed by atoms with Crippen LogP contribution in [0.3, 0.4) is 0 Å². The van der Waals surface area contributed by atoms with Crippen molar-refractivity contribution in [2.45, 2.75) is 13.5 Å². The normalized spacial score (nSPS) is 10.4. The summed E-state index contributed by atoms with van der Waals surface area (Å²) in [7, 11) is 0. The molecule has 0 aliphatic carbocycles. The Labute approximate surface area is 142 Å². The second kappa shape index (κ2) is 7.55. The Morgan fingerprint density at radius 1 is 0.792 bits per heavy atom.